The van der Waals surface area contributed by atoms with E-state index in [2.05, 4.69) is 30.0 Å². The molecule has 0 aliphatic rings. The minimum absolute atomic E-state index is 0.195. The van der Waals surface area contributed by atoms with Crippen molar-refractivity contribution in [3.05, 3.63) is 59.7 Å². The molecule has 0 bridgehead atoms. The Kier molecular flexibility index (Phi) is 7.56. The number of amides is 3. The van der Waals surface area contributed by atoms with Crippen LogP contribution in [0.25, 0.3) is 0 Å². The first-order chi connectivity index (χ1) is 13.3. The lowest BCUT2D eigenvalue weighted by atomic mass is 10.1. The van der Waals surface area contributed by atoms with Crippen LogP contribution in [0.4, 0.5) is 5.69 Å². The van der Waals surface area contributed by atoms with E-state index >= 15 is 0 Å². The number of carbonyl (C=O) groups is 3. The number of hydrogen-bond donors (Lipinski definition) is 3. The zero-order chi connectivity index (χ0) is 20.5. The maximum atomic E-state index is 12.3. The normalized spacial score (nSPS) is 10.3. The molecule has 0 aromatic heterocycles. The SMILES string of the molecule is CC(=O)Nc1ccc(C(=O)NNC(=O)c2cccc(OCCC(C)C)c2)cc1. The molecule has 7 heteroatoms. The van der Waals surface area contributed by atoms with Gasteiger partial charge in [-0.1, -0.05) is 19.9 Å². The molecule has 0 fully saturated rings. The molecule has 0 radical (unpaired) electrons. The zero-order valence-corrected chi connectivity index (χ0v) is 16.2. The summed E-state index contributed by atoms with van der Waals surface area (Å²) in [7, 11) is 0. The van der Waals surface area contributed by atoms with Crippen LogP contribution in [0.5, 0.6) is 5.75 Å². The Morgan fingerprint density at radius 2 is 1.57 bits per heavy atom. The van der Waals surface area contributed by atoms with Crippen molar-refractivity contribution in [1.82, 2.24) is 10.9 Å². The second-order valence-electron chi connectivity index (χ2n) is 6.73. The number of nitrogens with one attached hydrogen (secondary N) is 3. The highest BCUT2D eigenvalue weighted by Crippen LogP contribution is 2.14. The molecule has 2 aromatic rings. The molecule has 0 spiro atoms. The summed E-state index contributed by atoms with van der Waals surface area (Å²) in [6.07, 6.45) is 0.924. The molecule has 148 valence electrons. The first kappa shape index (κ1) is 21.0. The molecule has 28 heavy (non-hydrogen) atoms. The van der Waals surface area contributed by atoms with Crippen LogP contribution < -0.4 is 20.9 Å². The second kappa shape index (κ2) is 10.1. The number of hydrazine groups is 1. The molecule has 2 rings (SSSR count). The largest absolute Gasteiger partial charge is 0.494 e. The summed E-state index contributed by atoms with van der Waals surface area (Å²) < 4.78 is 5.64. The van der Waals surface area contributed by atoms with Crippen molar-refractivity contribution in [3.63, 3.8) is 0 Å². The summed E-state index contributed by atoms with van der Waals surface area (Å²) in [6, 6.07) is 13.1. The fourth-order valence-corrected chi connectivity index (χ4v) is 2.31. The van der Waals surface area contributed by atoms with E-state index in [1.54, 1.807) is 48.5 Å². The van der Waals surface area contributed by atoms with Gasteiger partial charge in [-0.15, -0.1) is 0 Å². The molecule has 7 nitrogen and oxygen atoms in total. The summed E-state index contributed by atoms with van der Waals surface area (Å²) in [5.74, 6) is 0.0339. The Morgan fingerprint density at radius 1 is 0.929 bits per heavy atom. The van der Waals surface area contributed by atoms with Gasteiger partial charge < -0.3 is 10.1 Å². The van der Waals surface area contributed by atoms with Crippen LogP contribution in [0.3, 0.4) is 0 Å². The Balaban J connectivity index is 1.89. The first-order valence-corrected chi connectivity index (χ1v) is 9.06. The van der Waals surface area contributed by atoms with E-state index < -0.39 is 11.8 Å². The summed E-state index contributed by atoms with van der Waals surface area (Å²) in [5.41, 5.74) is 6.06. The summed E-state index contributed by atoms with van der Waals surface area (Å²) in [5, 5.41) is 2.62. The van der Waals surface area contributed by atoms with E-state index in [1.165, 1.54) is 6.92 Å². The highest BCUT2D eigenvalue weighted by molar-refractivity contribution is 5.99. The van der Waals surface area contributed by atoms with Crippen molar-refractivity contribution in [3.8, 4) is 5.75 Å². The van der Waals surface area contributed by atoms with Crippen molar-refractivity contribution >= 4 is 23.4 Å². The van der Waals surface area contributed by atoms with Gasteiger partial charge in [-0.2, -0.15) is 0 Å². The Bertz CT molecular complexity index is 832. The van der Waals surface area contributed by atoms with Crippen molar-refractivity contribution in [2.75, 3.05) is 11.9 Å². The Morgan fingerprint density at radius 3 is 2.18 bits per heavy atom. The van der Waals surface area contributed by atoms with Crippen LogP contribution in [-0.2, 0) is 4.79 Å². The molecule has 0 aliphatic heterocycles. The van der Waals surface area contributed by atoms with E-state index in [4.69, 9.17) is 4.74 Å². The lowest BCUT2D eigenvalue weighted by molar-refractivity contribution is -0.114. The van der Waals surface area contributed by atoms with E-state index in [-0.39, 0.29) is 5.91 Å². The lowest BCUT2D eigenvalue weighted by Gasteiger charge is -2.11. The van der Waals surface area contributed by atoms with Gasteiger partial charge in [0.2, 0.25) is 5.91 Å². The van der Waals surface area contributed by atoms with Crippen molar-refractivity contribution < 1.29 is 19.1 Å². The van der Waals surface area contributed by atoms with Crippen molar-refractivity contribution in [1.29, 1.82) is 0 Å². The smallest absolute Gasteiger partial charge is 0.269 e. The minimum Gasteiger partial charge on any atom is -0.494 e. The molecule has 3 amide bonds. The number of anilines is 1. The maximum Gasteiger partial charge on any atom is 0.269 e. The minimum atomic E-state index is -0.466. The number of hydrogen-bond acceptors (Lipinski definition) is 4. The molecular weight excluding hydrogens is 358 g/mol. The van der Waals surface area contributed by atoms with E-state index in [0.717, 1.165) is 6.42 Å². The third-order valence-electron chi connectivity index (χ3n) is 3.82. The van der Waals surface area contributed by atoms with Gasteiger partial charge in [-0.05, 0) is 54.8 Å². The molecule has 0 aliphatic carbocycles. The Hall–Kier alpha value is -3.35. The van der Waals surface area contributed by atoms with Gasteiger partial charge in [-0.25, -0.2) is 0 Å². The molecule has 0 atom stereocenters. The lowest BCUT2D eigenvalue weighted by Crippen LogP contribution is -2.41. The topological polar surface area (TPSA) is 96.5 Å². The van der Waals surface area contributed by atoms with Crippen molar-refractivity contribution in [2.24, 2.45) is 5.92 Å². The molecule has 3 N–H and O–H groups in total. The number of ether oxygens (including phenoxy) is 1. The highest BCUT2D eigenvalue weighted by Gasteiger charge is 2.10. The first-order valence-electron chi connectivity index (χ1n) is 9.06. The van der Waals surface area contributed by atoms with E-state index in [1.807, 2.05) is 0 Å². The standard InChI is InChI=1S/C21H25N3O4/c1-14(2)11-12-28-19-6-4-5-17(13-19)21(27)24-23-20(26)16-7-9-18(10-8-16)22-15(3)25/h4-10,13-14H,11-12H2,1-3H3,(H,22,25)(H,23,26)(H,24,27). The molecular formula is C21H25N3O4. The molecule has 2 aromatic carbocycles. The predicted molar refractivity (Wildman–Crippen MR) is 107 cm³/mol. The van der Waals surface area contributed by atoms with Crippen LogP contribution in [0.2, 0.25) is 0 Å². The average Bonchev–Trinajstić information content (AvgIpc) is 2.66. The van der Waals surface area contributed by atoms with E-state index in [0.29, 0.717) is 35.1 Å². The summed E-state index contributed by atoms with van der Waals surface area (Å²) in [4.78, 5) is 35.4. The van der Waals surface area contributed by atoms with Crippen LogP contribution in [0.15, 0.2) is 48.5 Å². The molecule has 0 heterocycles. The molecule has 0 saturated carbocycles. The third kappa shape index (κ3) is 6.75. The van der Waals surface area contributed by atoms with Gasteiger partial charge in [0, 0.05) is 23.7 Å². The number of benzene rings is 2. The zero-order valence-electron chi connectivity index (χ0n) is 16.2. The van der Waals surface area contributed by atoms with Crippen LogP contribution in [0, 0.1) is 5.92 Å². The van der Waals surface area contributed by atoms with Gasteiger partial charge in [0.15, 0.2) is 0 Å². The number of rotatable bonds is 7. The molecule has 0 saturated heterocycles. The quantitative estimate of drug-likeness (QED) is 0.640. The van der Waals surface area contributed by atoms with Crippen LogP contribution in [0.1, 0.15) is 47.9 Å². The summed E-state index contributed by atoms with van der Waals surface area (Å²) >= 11 is 0. The second-order valence-corrected chi connectivity index (χ2v) is 6.73. The summed E-state index contributed by atoms with van der Waals surface area (Å²) in [6.45, 7) is 6.21. The van der Waals surface area contributed by atoms with Gasteiger partial charge in [0.25, 0.3) is 11.8 Å². The van der Waals surface area contributed by atoms with Gasteiger partial charge in [0.05, 0.1) is 6.61 Å². The van der Waals surface area contributed by atoms with Crippen LogP contribution >= 0.6 is 0 Å². The average molecular weight is 383 g/mol. The van der Waals surface area contributed by atoms with Gasteiger partial charge >= 0.3 is 0 Å². The highest BCUT2D eigenvalue weighted by atomic mass is 16.5. The third-order valence-corrected chi connectivity index (χ3v) is 3.82. The fraction of sp³-hybridized carbons (Fsp3) is 0.286. The fourth-order valence-electron chi connectivity index (χ4n) is 2.31. The van der Waals surface area contributed by atoms with Crippen molar-refractivity contribution in [2.45, 2.75) is 27.2 Å². The Labute approximate surface area is 164 Å². The van der Waals surface area contributed by atoms with Crippen LogP contribution in [-0.4, -0.2) is 24.3 Å². The predicted octanol–water partition coefficient (Wildman–Crippen LogP) is 3.14. The van der Waals surface area contributed by atoms with E-state index in [9.17, 15) is 14.4 Å². The molecule has 0 unspecified atom stereocenters. The van der Waals surface area contributed by atoms with Gasteiger partial charge in [-0.3, -0.25) is 25.2 Å². The van der Waals surface area contributed by atoms with Gasteiger partial charge in [0.1, 0.15) is 5.75 Å². The maximum absolute atomic E-state index is 12.3. The number of carbonyl (C=O) groups excluding carboxylic acids is 3. The monoisotopic (exact) mass is 383 g/mol.